The molecule has 0 radical (unpaired) electrons. The summed E-state index contributed by atoms with van der Waals surface area (Å²) in [6.07, 6.45) is 6.88. The second-order valence-corrected chi connectivity index (χ2v) is 7.63. The third kappa shape index (κ3) is 2.65. The molecule has 1 aromatic carbocycles. The lowest BCUT2D eigenvalue weighted by atomic mass is 9.55. The van der Waals surface area contributed by atoms with Gasteiger partial charge >= 0.3 is 0 Å². The van der Waals surface area contributed by atoms with Crippen LogP contribution in [0, 0.1) is 30.6 Å². The van der Waals surface area contributed by atoms with E-state index in [0.717, 1.165) is 17.5 Å². The highest BCUT2D eigenvalue weighted by atomic mass is 32.1. The van der Waals surface area contributed by atoms with Crippen LogP contribution in [0.5, 0.6) is 0 Å². The van der Waals surface area contributed by atoms with Gasteiger partial charge in [-0.3, -0.25) is 5.43 Å². The highest BCUT2D eigenvalue weighted by Gasteiger charge is 2.46. The number of hydrogen-bond acceptors (Lipinski definition) is 2. The first-order valence-corrected chi connectivity index (χ1v) is 8.80. The number of nitrogens with one attached hydrogen (secondary N) is 2. The van der Waals surface area contributed by atoms with Crippen molar-refractivity contribution in [3.8, 4) is 0 Å². The fourth-order valence-corrected chi connectivity index (χ4v) is 4.98. The van der Waals surface area contributed by atoms with Crippen LogP contribution >= 0.6 is 12.2 Å². The molecule has 1 aromatic rings. The Labute approximate surface area is 137 Å². The van der Waals surface area contributed by atoms with E-state index >= 15 is 0 Å². The number of nitrogens with zero attached hydrogens (tertiary/aromatic N) is 1. The van der Waals surface area contributed by atoms with Gasteiger partial charge < -0.3 is 5.32 Å². The first-order chi connectivity index (χ1) is 10.7. The van der Waals surface area contributed by atoms with E-state index in [1.165, 1.54) is 43.4 Å². The van der Waals surface area contributed by atoms with Gasteiger partial charge in [0.15, 0.2) is 5.11 Å². The lowest BCUT2D eigenvalue weighted by Crippen LogP contribution is -2.46. The Kier molecular flexibility index (Phi) is 3.65. The predicted octanol–water partition coefficient (Wildman–Crippen LogP) is 4.09. The molecular weight excluding hydrogens is 290 g/mol. The number of benzene rings is 1. The van der Waals surface area contributed by atoms with E-state index in [-0.39, 0.29) is 0 Å². The van der Waals surface area contributed by atoms with Crippen LogP contribution in [0.2, 0.25) is 0 Å². The van der Waals surface area contributed by atoms with Gasteiger partial charge in [-0.25, -0.2) is 0 Å². The first kappa shape index (κ1) is 14.2. The van der Waals surface area contributed by atoms with Crippen molar-refractivity contribution in [3.05, 3.63) is 29.8 Å². The maximum absolute atomic E-state index is 5.40. The fourth-order valence-electron chi connectivity index (χ4n) is 4.83. The van der Waals surface area contributed by atoms with Crippen molar-refractivity contribution in [2.24, 2.45) is 28.8 Å². The number of anilines is 1. The molecule has 22 heavy (non-hydrogen) atoms. The molecule has 116 valence electrons. The van der Waals surface area contributed by atoms with Crippen molar-refractivity contribution in [2.45, 2.75) is 39.0 Å². The highest BCUT2D eigenvalue weighted by Crippen LogP contribution is 2.52. The Morgan fingerprint density at radius 2 is 1.68 bits per heavy atom. The molecule has 0 aliphatic heterocycles. The normalized spacial score (nSPS) is 32.0. The number of thiocarbonyl (C=S) groups is 1. The van der Waals surface area contributed by atoms with Crippen molar-refractivity contribution >= 4 is 28.7 Å². The molecule has 4 aliphatic rings. The molecule has 4 fully saturated rings. The van der Waals surface area contributed by atoms with Crippen LogP contribution in [-0.2, 0) is 0 Å². The lowest BCUT2D eigenvalue weighted by molar-refractivity contribution is 0.108. The number of aryl methyl sites for hydroxylation is 1. The molecular formula is C18H23N3S. The molecule has 0 amide bonds. The number of hydrazone groups is 1. The molecule has 0 atom stereocenters. The van der Waals surface area contributed by atoms with Crippen molar-refractivity contribution in [1.29, 1.82) is 0 Å². The Hall–Kier alpha value is -1.42. The maximum atomic E-state index is 5.40. The number of rotatable bonds is 2. The van der Waals surface area contributed by atoms with Crippen LogP contribution in [0.1, 0.15) is 37.7 Å². The molecule has 0 heterocycles. The monoisotopic (exact) mass is 313 g/mol. The van der Waals surface area contributed by atoms with E-state index in [9.17, 15) is 0 Å². The van der Waals surface area contributed by atoms with Crippen molar-refractivity contribution in [3.63, 3.8) is 0 Å². The largest absolute Gasteiger partial charge is 0.331 e. The molecule has 0 saturated heterocycles. The van der Waals surface area contributed by atoms with Gasteiger partial charge in [-0.05, 0) is 86.5 Å². The average Bonchev–Trinajstić information content (AvgIpc) is 2.48. The molecule has 4 aliphatic carbocycles. The van der Waals surface area contributed by atoms with E-state index in [0.29, 0.717) is 16.9 Å². The Balaban J connectivity index is 1.41. The number of para-hydroxylation sites is 1. The summed E-state index contributed by atoms with van der Waals surface area (Å²) in [4.78, 5) is 0. The van der Waals surface area contributed by atoms with Crippen LogP contribution in [0.15, 0.2) is 29.4 Å². The van der Waals surface area contributed by atoms with Gasteiger partial charge in [0.25, 0.3) is 0 Å². The van der Waals surface area contributed by atoms with Crippen molar-refractivity contribution in [2.75, 3.05) is 5.32 Å². The summed E-state index contributed by atoms with van der Waals surface area (Å²) in [5.41, 5.74) is 6.72. The predicted molar refractivity (Wildman–Crippen MR) is 95.0 cm³/mol. The minimum absolute atomic E-state index is 0.593. The summed E-state index contributed by atoms with van der Waals surface area (Å²) in [6, 6.07) is 8.17. The fraction of sp³-hybridized carbons (Fsp3) is 0.556. The average molecular weight is 313 g/mol. The molecule has 0 unspecified atom stereocenters. The summed E-state index contributed by atoms with van der Waals surface area (Å²) < 4.78 is 0. The number of hydrogen-bond donors (Lipinski definition) is 2. The second-order valence-electron chi connectivity index (χ2n) is 7.22. The minimum Gasteiger partial charge on any atom is -0.331 e. The van der Waals surface area contributed by atoms with Gasteiger partial charge in [0.05, 0.1) is 0 Å². The summed E-state index contributed by atoms with van der Waals surface area (Å²) >= 11 is 5.40. The standard InChI is InChI=1S/C18H23N3S/c1-11-4-2-3-5-16(11)19-18(22)21-20-17-14-7-12-6-13(9-14)10-15(17)8-12/h2-5,12-15H,6-10H2,1H3,(H2,19,21,22). The second kappa shape index (κ2) is 5.65. The third-order valence-corrected chi connectivity index (χ3v) is 5.85. The van der Waals surface area contributed by atoms with Crippen LogP contribution in [0.25, 0.3) is 0 Å². The minimum atomic E-state index is 0.593. The van der Waals surface area contributed by atoms with E-state index in [4.69, 9.17) is 17.3 Å². The molecule has 5 rings (SSSR count). The molecule has 4 saturated carbocycles. The summed E-state index contributed by atoms with van der Waals surface area (Å²) in [7, 11) is 0. The van der Waals surface area contributed by atoms with E-state index < -0.39 is 0 Å². The molecule has 4 heteroatoms. The summed E-state index contributed by atoms with van der Waals surface area (Å²) in [5.74, 6) is 3.37. The van der Waals surface area contributed by atoms with Gasteiger partial charge in [-0.1, -0.05) is 18.2 Å². The SMILES string of the molecule is Cc1ccccc1NC(=S)NN=C1C2CC3CC(C2)CC1C3. The van der Waals surface area contributed by atoms with Gasteiger partial charge in [0.2, 0.25) is 0 Å². The van der Waals surface area contributed by atoms with Crippen LogP contribution in [-0.4, -0.2) is 10.8 Å². The molecule has 4 bridgehead atoms. The van der Waals surface area contributed by atoms with Crippen molar-refractivity contribution < 1.29 is 0 Å². The Morgan fingerprint density at radius 1 is 1.05 bits per heavy atom. The van der Waals surface area contributed by atoms with Gasteiger partial charge in [0.1, 0.15) is 0 Å². The van der Waals surface area contributed by atoms with E-state index in [1.807, 2.05) is 18.2 Å². The van der Waals surface area contributed by atoms with Gasteiger partial charge in [-0.2, -0.15) is 5.10 Å². The van der Waals surface area contributed by atoms with E-state index in [2.05, 4.69) is 23.7 Å². The van der Waals surface area contributed by atoms with Crippen LogP contribution in [0.4, 0.5) is 5.69 Å². The smallest absolute Gasteiger partial charge is 0.191 e. The van der Waals surface area contributed by atoms with Crippen LogP contribution < -0.4 is 10.7 Å². The third-order valence-electron chi connectivity index (χ3n) is 5.65. The zero-order chi connectivity index (χ0) is 15.1. The Bertz CT molecular complexity index is 593. The summed E-state index contributed by atoms with van der Waals surface area (Å²) in [5, 5.41) is 8.55. The topological polar surface area (TPSA) is 36.4 Å². The van der Waals surface area contributed by atoms with Crippen molar-refractivity contribution in [1.82, 2.24) is 5.43 Å². The molecule has 3 nitrogen and oxygen atoms in total. The maximum Gasteiger partial charge on any atom is 0.191 e. The Morgan fingerprint density at radius 3 is 2.32 bits per heavy atom. The van der Waals surface area contributed by atoms with Gasteiger partial charge in [0, 0.05) is 11.4 Å². The summed E-state index contributed by atoms with van der Waals surface area (Å²) in [6.45, 7) is 2.08. The van der Waals surface area contributed by atoms with Gasteiger partial charge in [-0.15, -0.1) is 0 Å². The van der Waals surface area contributed by atoms with E-state index in [1.54, 1.807) is 0 Å². The molecule has 0 spiro atoms. The molecule has 2 N–H and O–H groups in total. The lowest BCUT2D eigenvalue weighted by Gasteiger charge is -2.50. The molecule has 0 aromatic heterocycles. The quantitative estimate of drug-likeness (QED) is 0.637. The van der Waals surface area contributed by atoms with Crippen LogP contribution in [0.3, 0.4) is 0 Å². The zero-order valence-electron chi connectivity index (χ0n) is 13.0. The first-order valence-electron chi connectivity index (χ1n) is 8.39. The highest BCUT2D eigenvalue weighted by molar-refractivity contribution is 7.80. The zero-order valence-corrected chi connectivity index (χ0v) is 13.8.